The maximum absolute atomic E-state index is 12.0. The minimum absolute atomic E-state index is 0.142. The molecule has 7 heteroatoms. The van der Waals surface area contributed by atoms with Crippen molar-refractivity contribution in [2.75, 3.05) is 17.2 Å². The van der Waals surface area contributed by atoms with E-state index in [1.54, 1.807) is 0 Å². The number of anilines is 3. The molecule has 0 amide bonds. The zero-order valence-corrected chi connectivity index (χ0v) is 12.0. The molecule has 1 aromatic carbocycles. The fourth-order valence-corrected chi connectivity index (χ4v) is 2.47. The highest BCUT2D eigenvalue weighted by molar-refractivity contribution is 5.64. The van der Waals surface area contributed by atoms with Crippen LogP contribution in [0.25, 0.3) is 0 Å². The van der Waals surface area contributed by atoms with Crippen molar-refractivity contribution < 1.29 is 0 Å². The van der Waals surface area contributed by atoms with Crippen molar-refractivity contribution >= 4 is 17.2 Å². The second kappa shape index (κ2) is 5.08. The number of fused-ring (bicyclic) bond motifs is 1. The van der Waals surface area contributed by atoms with Crippen molar-refractivity contribution in [1.82, 2.24) is 14.3 Å². The van der Waals surface area contributed by atoms with Gasteiger partial charge in [-0.25, -0.2) is 9.48 Å². The molecule has 0 aliphatic carbocycles. The van der Waals surface area contributed by atoms with E-state index in [-0.39, 0.29) is 5.82 Å². The molecule has 1 aliphatic rings. The van der Waals surface area contributed by atoms with Crippen LogP contribution in [0.3, 0.4) is 0 Å². The summed E-state index contributed by atoms with van der Waals surface area (Å²) in [6, 6.07) is 5.89. The van der Waals surface area contributed by atoms with E-state index in [1.165, 1.54) is 19.7 Å². The predicted molar refractivity (Wildman–Crippen MR) is 81.3 cm³/mol. The molecule has 2 aromatic rings. The molecule has 110 valence electrons. The standard InChI is InChI=1S/C14H17N5O2/c1-18-13(20)12(17-19(2)14(18)21)16-10-5-6-11-9(8-10)4-3-7-15-11/h5-6,8,15H,3-4,7H2,1-2H3,(H,16,17). The van der Waals surface area contributed by atoms with Crippen molar-refractivity contribution in [2.24, 2.45) is 14.1 Å². The quantitative estimate of drug-likeness (QED) is 0.844. The van der Waals surface area contributed by atoms with Crippen LogP contribution in [-0.4, -0.2) is 20.9 Å². The minimum Gasteiger partial charge on any atom is -0.385 e. The Labute approximate surface area is 121 Å². The Morgan fingerprint density at radius 2 is 2.10 bits per heavy atom. The lowest BCUT2D eigenvalue weighted by molar-refractivity contribution is 0.606. The number of hydrogen-bond acceptors (Lipinski definition) is 5. The molecule has 0 saturated heterocycles. The van der Waals surface area contributed by atoms with Gasteiger partial charge in [-0.2, -0.15) is 0 Å². The number of aromatic nitrogens is 3. The number of rotatable bonds is 2. The molecule has 0 unspecified atom stereocenters. The van der Waals surface area contributed by atoms with Gasteiger partial charge in [-0.15, -0.1) is 5.10 Å². The first-order valence-electron chi connectivity index (χ1n) is 6.84. The first kappa shape index (κ1) is 13.4. The Morgan fingerprint density at radius 1 is 1.29 bits per heavy atom. The summed E-state index contributed by atoms with van der Waals surface area (Å²) in [4.78, 5) is 23.7. The molecule has 1 aromatic heterocycles. The van der Waals surface area contributed by atoms with E-state index in [0.29, 0.717) is 0 Å². The van der Waals surface area contributed by atoms with Crippen LogP contribution in [0.2, 0.25) is 0 Å². The maximum atomic E-state index is 12.0. The molecule has 0 bridgehead atoms. The fraction of sp³-hybridized carbons (Fsp3) is 0.357. The van der Waals surface area contributed by atoms with Crippen molar-refractivity contribution in [1.29, 1.82) is 0 Å². The topological polar surface area (TPSA) is 81.0 Å². The predicted octanol–water partition coefficient (Wildman–Crippen LogP) is 0.581. The smallest absolute Gasteiger partial charge is 0.346 e. The summed E-state index contributed by atoms with van der Waals surface area (Å²) in [5.41, 5.74) is 2.26. The first-order valence-corrected chi connectivity index (χ1v) is 6.84. The molecule has 7 nitrogen and oxygen atoms in total. The summed E-state index contributed by atoms with van der Waals surface area (Å²) < 4.78 is 2.18. The van der Waals surface area contributed by atoms with Gasteiger partial charge in [0.1, 0.15) is 0 Å². The van der Waals surface area contributed by atoms with Crippen molar-refractivity contribution in [3.63, 3.8) is 0 Å². The van der Waals surface area contributed by atoms with Gasteiger partial charge in [0.25, 0.3) is 5.56 Å². The van der Waals surface area contributed by atoms with E-state index in [1.807, 2.05) is 18.2 Å². The number of nitrogens with zero attached hydrogens (tertiary/aromatic N) is 3. The molecular weight excluding hydrogens is 270 g/mol. The van der Waals surface area contributed by atoms with Crippen molar-refractivity contribution in [3.8, 4) is 0 Å². The van der Waals surface area contributed by atoms with Crippen LogP contribution in [0.15, 0.2) is 27.8 Å². The number of aryl methyl sites for hydroxylation is 2. The normalized spacial score (nSPS) is 13.4. The molecule has 3 rings (SSSR count). The zero-order chi connectivity index (χ0) is 15.0. The SMILES string of the molecule is Cn1nc(Nc2ccc3c(c2)CCCN3)c(=O)n(C)c1=O. The van der Waals surface area contributed by atoms with Crippen LogP contribution in [-0.2, 0) is 20.5 Å². The summed E-state index contributed by atoms with van der Waals surface area (Å²) in [5, 5.41) is 10.3. The fourth-order valence-electron chi connectivity index (χ4n) is 2.47. The highest BCUT2D eigenvalue weighted by Crippen LogP contribution is 2.25. The number of hydrogen-bond donors (Lipinski definition) is 2. The molecule has 1 aliphatic heterocycles. The van der Waals surface area contributed by atoms with Crippen LogP contribution < -0.4 is 21.9 Å². The first-order chi connectivity index (χ1) is 10.1. The molecule has 2 heterocycles. The molecule has 21 heavy (non-hydrogen) atoms. The van der Waals surface area contributed by atoms with Crippen LogP contribution in [0.4, 0.5) is 17.2 Å². The maximum Gasteiger partial charge on any atom is 0.346 e. The Morgan fingerprint density at radius 3 is 2.90 bits per heavy atom. The van der Waals surface area contributed by atoms with Gasteiger partial charge >= 0.3 is 5.69 Å². The van der Waals surface area contributed by atoms with Gasteiger partial charge in [-0.1, -0.05) is 0 Å². The molecule has 0 fully saturated rings. The van der Waals surface area contributed by atoms with Gasteiger partial charge in [0.15, 0.2) is 0 Å². The highest BCUT2D eigenvalue weighted by atomic mass is 16.2. The Hall–Kier alpha value is -2.57. The second-order valence-electron chi connectivity index (χ2n) is 5.15. The molecule has 0 radical (unpaired) electrons. The average Bonchev–Trinajstić information content (AvgIpc) is 2.50. The van der Waals surface area contributed by atoms with Crippen LogP contribution in [0.1, 0.15) is 12.0 Å². The van der Waals surface area contributed by atoms with Gasteiger partial charge < -0.3 is 10.6 Å². The molecule has 0 saturated carbocycles. The van der Waals surface area contributed by atoms with Crippen LogP contribution in [0, 0.1) is 0 Å². The summed E-state index contributed by atoms with van der Waals surface area (Å²) in [6.07, 6.45) is 2.10. The Bertz CT molecular complexity index is 806. The highest BCUT2D eigenvalue weighted by Gasteiger charge is 2.12. The van der Waals surface area contributed by atoms with Gasteiger partial charge in [0, 0.05) is 32.0 Å². The van der Waals surface area contributed by atoms with E-state index < -0.39 is 11.2 Å². The zero-order valence-electron chi connectivity index (χ0n) is 12.0. The van der Waals surface area contributed by atoms with E-state index in [9.17, 15) is 9.59 Å². The molecule has 2 N–H and O–H groups in total. The van der Waals surface area contributed by atoms with Crippen LogP contribution in [0.5, 0.6) is 0 Å². The van der Waals surface area contributed by atoms with E-state index in [2.05, 4.69) is 15.7 Å². The molecule has 0 atom stereocenters. The van der Waals surface area contributed by atoms with Crippen LogP contribution >= 0.6 is 0 Å². The lowest BCUT2D eigenvalue weighted by atomic mass is 10.0. The second-order valence-corrected chi connectivity index (χ2v) is 5.15. The van der Waals surface area contributed by atoms with Crippen molar-refractivity contribution in [2.45, 2.75) is 12.8 Å². The largest absolute Gasteiger partial charge is 0.385 e. The average molecular weight is 287 g/mol. The molecule has 0 spiro atoms. The summed E-state index contributed by atoms with van der Waals surface area (Å²) in [5.74, 6) is 0.142. The number of nitrogens with one attached hydrogen (secondary N) is 2. The Balaban J connectivity index is 1.98. The lowest BCUT2D eigenvalue weighted by Gasteiger charge is -2.19. The third-order valence-corrected chi connectivity index (χ3v) is 3.63. The minimum atomic E-state index is -0.444. The summed E-state index contributed by atoms with van der Waals surface area (Å²) in [6.45, 7) is 0.989. The van der Waals surface area contributed by atoms with Gasteiger partial charge in [-0.05, 0) is 36.6 Å². The van der Waals surface area contributed by atoms with E-state index in [0.717, 1.165) is 40.0 Å². The summed E-state index contributed by atoms with van der Waals surface area (Å²) in [7, 11) is 2.96. The van der Waals surface area contributed by atoms with Gasteiger partial charge in [0.2, 0.25) is 5.82 Å². The van der Waals surface area contributed by atoms with Crippen molar-refractivity contribution in [3.05, 3.63) is 44.6 Å². The Kier molecular flexibility index (Phi) is 3.25. The van der Waals surface area contributed by atoms with E-state index >= 15 is 0 Å². The monoisotopic (exact) mass is 287 g/mol. The van der Waals surface area contributed by atoms with E-state index in [4.69, 9.17) is 0 Å². The molecular formula is C14H17N5O2. The van der Waals surface area contributed by atoms with Gasteiger partial charge in [-0.3, -0.25) is 9.36 Å². The van der Waals surface area contributed by atoms with Gasteiger partial charge in [0.05, 0.1) is 0 Å². The lowest BCUT2D eigenvalue weighted by Crippen LogP contribution is -2.39. The third kappa shape index (κ3) is 2.42. The third-order valence-electron chi connectivity index (χ3n) is 3.63. The summed E-state index contributed by atoms with van der Waals surface area (Å²) >= 11 is 0. The number of benzene rings is 1.